The van der Waals surface area contributed by atoms with E-state index in [-0.39, 0.29) is 18.3 Å². The molecule has 1 aromatic heterocycles. The van der Waals surface area contributed by atoms with Crippen LogP contribution in [0.2, 0.25) is 0 Å². The van der Waals surface area contributed by atoms with E-state index >= 15 is 0 Å². The predicted molar refractivity (Wildman–Crippen MR) is 112 cm³/mol. The monoisotopic (exact) mass is 355 g/mol. The number of nitrogens with zero attached hydrogens (tertiary/aromatic N) is 1. The second kappa shape index (κ2) is 5.54. The third-order valence-corrected chi connectivity index (χ3v) is 6.14. The van der Waals surface area contributed by atoms with Gasteiger partial charge in [-0.3, -0.25) is 4.98 Å². The summed E-state index contributed by atoms with van der Waals surface area (Å²) < 4.78 is 12.5. The van der Waals surface area contributed by atoms with Gasteiger partial charge in [0.25, 0.3) is 0 Å². The largest absolute Gasteiger partial charge is 0.494 e. The molecule has 27 heavy (non-hydrogen) atoms. The molecule has 2 heterocycles. The van der Waals surface area contributed by atoms with Gasteiger partial charge in [0.1, 0.15) is 0 Å². The Morgan fingerprint density at radius 3 is 2.00 bits per heavy atom. The van der Waals surface area contributed by atoms with Gasteiger partial charge in [-0.05, 0) is 55.4 Å². The van der Waals surface area contributed by atoms with E-state index in [1.165, 1.54) is 21.5 Å². The van der Waals surface area contributed by atoms with Gasteiger partial charge in [-0.1, -0.05) is 48.5 Å². The van der Waals surface area contributed by atoms with Crippen LogP contribution in [0.1, 0.15) is 27.7 Å². The van der Waals surface area contributed by atoms with Crippen molar-refractivity contribution >= 4 is 45.0 Å². The van der Waals surface area contributed by atoms with Crippen molar-refractivity contribution in [2.24, 2.45) is 0 Å². The van der Waals surface area contributed by atoms with E-state index in [0.717, 1.165) is 16.4 Å². The van der Waals surface area contributed by atoms with Crippen LogP contribution < -0.4 is 5.46 Å². The minimum Gasteiger partial charge on any atom is -0.399 e. The third-order valence-electron chi connectivity index (χ3n) is 6.14. The van der Waals surface area contributed by atoms with Crippen LogP contribution in [-0.4, -0.2) is 23.3 Å². The van der Waals surface area contributed by atoms with Gasteiger partial charge in [0, 0.05) is 17.0 Å². The normalized spacial score (nSPS) is 18.6. The zero-order chi connectivity index (χ0) is 18.8. The van der Waals surface area contributed by atoms with Crippen molar-refractivity contribution in [2.75, 3.05) is 0 Å². The minimum absolute atomic E-state index is 0.351. The summed E-state index contributed by atoms with van der Waals surface area (Å²) in [5.74, 6) is 0. The maximum Gasteiger partial charge on any atom is 0.494 e. The van der Waals surface area contributed by atoms with Crippen molar-refractivity contribution in [1.29, 1.82) is 0 Å². The van der Waals surface area contributed by atoms with Gasteiger partial charge in [-0.25, -0.2) is 0 Å². The van der Waals surface area contributed by atoms with Gasteiger partial charge >= 0.3 is 7.12 Å². The number of hydrogen-bond acceptors (Lipinski definition) is 3. The van der Waals surface area contributed by atoms with Crippen LogP contribution in [0.5, 0.6) is 0 Å². The predicted octanol–water partition coefficient (Wildman–Crippen LogP) is 4.84. The number of fused-ring (bicyclic) bond motifs is 6. The molecule has 0 amide bonds. The minimum atomic E-state index is -0.371. The molecular weight excluding hydrogens is 333 g/mol. The molecule has 1 aliphatic rings. The van der Waals surface area contributed by atoms with Crippen LogP contribution in [0.25, 0.3) is 32.4 Å². The van der Waals surface area contributed by atoms with E-state index in [1.807, 2.05) is 12.3 Å². The lowest BCUT2D eigenvalue weighted by Crippen LogP contribution is -2.41. The Labute approximate surface area is 159 Å². The molecule has 0 atom stereocenters. The summed E-state index contributed by atoms with van der Waals surface area (Å²) in [6.45, 7) is 8.33. The molecule has 4 aromatic rings. The molecule has 1 aliphatic heterocycles. The van der Waals surface area contributed by atoms with Crippen molar-refractivity contribution in [3.05, 3.63) is 60.8 Å². The summed E-state index contributed by atoms with van der Waals surface area (Å²) in [6, 6.07) is 19.1. The summed E-state index contributed by atoms with van der Waals surface area (Å²) in [4.78, 5) is 4.70. The van der Waals surface area contributed by atoms with Crippen molar-refractivity contribution in [3.8, 4) is 0 Å². The molecule has 0 aliphatic carbocycles. The molecule has 0 bridgehead atoms. The first-order valence-corrected chi connectivity index (χ1v) is 9.42. The maximum atomic E-state index is 6.26. The highest BCUT2D eigenvalue weighted by molar-refractivity contribution is 6.62. The summed E-state index contributed by atoms with van der Waals surface area (Å²) in [5, 5.41) is 5.99. The van der Waals surface area contributed by atoms with Crippen molar-refractivity contribution in [3.63, 3.8) is 0 Å². The summed E-state index contributed by atoms with van der Waals surface area (Å²) in [5.41, 5.74) is 1.35. The smallest absolute Gasteiger partial charge is 0.399 e. The van der Waals surface area contributed by atoms with Gasteiger partial charge in [0.2, 0.25) is 0 Å². The molecule has 4 heteroatoms. The standard InChI is InChI=1S/C23H22BNO2/c1-22(2)23(3,4)27-24(26-22)15-11-12-18-16-8-5-6-9-17(16)19-10-7-13-25-21(19)20(18)14-15/h5-14H,1-4H3. The van der Waals surface area contributed by atoms with E-state index in [1.54, 1.807) is 0 Å². The fraction of sp³-hybridized carbons (Fsp3) is 0.261. The number of benzene rings is 3. The SMILES string of the molecule is CC1(C)OB(c2ccc3c4ccccc4c4cccnc4c3c2)OC1(C)C. The molecule has 1 fully saturated rings. The van der Waals surface area contributed by atoms with Crippen molar-refractivity contribution in [1.82, 2.24) is 4.98 Å². The zero-order valence-corrected chi connectivity index (χ0v) is 16.1. The summed E-state index contributed by atoms with van der Waals surface area (Å²) >= 11 is 0. The van der Waals surface area contributed by atoms with E-state index < -0.39 is 0 Å². The van der Waals surface area contributed by atoms with Gasteiger partial charge in [-0.2, -0.15) is 0 Å². The Hall–Kier alpha value is -2.43. The van der Waals surface area contributed by atoms with Gasteiger partial charge in [0.05, 0.1) is 16.7 Å². The van der Waals surface area contributed by atoms with Crippen molar-refractivity contribution < 1.29 is 9.31 Å². The number of hydrogen-bond donors (Lipinski definition) is 0. The van der Waals surface area contributed by atoms with Crippen LogP contribution in [0, 0.1) is 0 Å². The third kappa shape index (κ3) is 2.40. The lowest BCUT2D eigenvalue weighted by molar-refractivity contribution is 0.00578. The highest BCUT2D eigenvalue weighted by Gasteiger charge is 2.51. The van der Waals surface area contributed by atoms with Gasteiger partial charge < -0.3 is 9.31 Å². The molecule has 134 valence electrons. The Kier molecular flexibility index (Phi) is 3.43. The number of rotatable bonds is 1. The highest BCUT2D eigenvalue weighted by atomic mass is 16.7. The van der Waals surface area contributed by atoms with Crippen LogP contribution in [0.15, 0.2) is 60.8 Å². The Morgan fingerprint density at radius 1 is 0.704 bits per heavy atom. The molecule has 0 saturated carbocycles. The second-order valence-corrected chi connectivity index (χ2v) is 8.34. The van der Waals surface area contributed by atoms with E-state index in [9.17, 15) is 0 Å². The average Bonchev–Trinajstić information content (AvgIpc) is 2.89. The molecule has 0 spiro atoms. The van der Waals surface area contributed by atoms with E-state index in [4.69, 9.17) is 14.3 Å². The first-order valence-electron chi connectivity index (χ1n) is 9.42. The van der Waals surface area contributed by atoms with Gasteiger partial charge in [0.15, 0.2) is 0 Å². The van der Waals surface area contributed by atoms with Crippen LogP contribution in [0.3, 0.4) is 0 Å². The summed E-state index contributed by atoms with van der Waals surface area (Å²) in [6.07, 6.45) is 1.86. The molecule has 5 rings (SSSR count). The fourth-order valence-electron chi connectivity index (χ4n) is 3.91. The molecule has 1 saturated heterocycles. The van der Waals surface area contributed by atoms with E-state index in [0.29, 0.717) is 0 Å². The number of aromatic nitrogens is 1. The van der Waals surface area contributed by atoms with Crippen LogP contribution >= 0.6 is 0 Å². The first kappa shape index (κ1) is 16.7. The van der Waals surface area contributed by atoms with Gasteiger partial charge in [-0.15, -0.1) is 0 Å². The van der Waals surface area contributed by atoms with Crippen molar-refractivity contribution in [2.45, 2.75) is 38.9 Å². The lowest BCUT2D eigenvalue weighted by atomic mass is 9.77. The van der Waals surface area contributed by atoms with E-state index in [2.05, 4.69) is 76.2 Å². The molecule has 0 unspecified atom stereocenters. The zero-order valence-electron chi connectivity index (χ0n) is 16.1. The Bertz CT molecular complexity index is 1150. The second-order valence-electron chi connectivity index (χ2n) is 8.34. The molecule has 3 aromatic carbocycles. The van der Waals surface area contributed by atoms with Crippen LogP contribution in [-0.2, 0) is 9.31 Å². The lowest BCUT2D eigenvalue weighted by Gasteiger charge is -2.32. The maximum absolute atomic E-state index is 6.26. The number of pyridine rings is 1. The molecule has 0 N–H and O–H groups in total. The first-order chi connectivity index (χ1) is 12.9. The van der Waals surface area contributed by atoms with Crippen LogP contribution in [0.4, 0.5) is 0 Å². The Balaban J connectivity index is 1.78. The average molecular weight is 355 g/mol. The quantitative estimate of drug-likeness (QED) is 0.362. The fourth-order valence-corrected chi connectivity index (χ4v) is 3.91. The topological polar surface area (TPSA) is 31.4 Å². The molecular formula is C23H22BNO2. The highest BCUT2D eigenvalue weighted by Crippen LogP contribution is 2.37. The molecule has 3 nitrogen and oxygen atoms in total. The summed E-state index contributed by atoms with van der Waals surface area (Å²) in [7, 11) is -0.371. The molecule has 0 radical (unpaired) electrons. The Morgan fingerprint density at radius 2 is 1.30 bits per heavy atom.